The molecule has 0 radical (unpaired) electrons. The number of aliphatic hydroxyl groups excluding tert-OH is 1. The summed E-state index contributed by atoms with van der Waals surface area (Å²) in [6.45, 7) is 1.97. The van der Waals surface area contributed by atoms with Gasteiger partial charge in [-0.1, -0.05) is 31.0 Å². The monoisotopic (exact) mass is 280 g/mol. The van der Waals surface area contributed by atoms with Crippen LogP contribution in [0, 0.1) is 0 Å². The first-order valence-corrected chi connectivity index (χ1v) is 6.60. The lowest BCUT2D eigenvalue weighted by molar-refractivity contribution is 0.280. The van der Waals surface area contributed by atoms with Gasteiger partial charge in [0.1, 0.15) is 10.9 Å². The van der Waals surface area contributed by atoms with E-state index in [-0.39, 0.29) is 6.61 Å². The van der Waals surface area contributed by atoms with Crippen molar-refractivity contribution in [2.24, 2.45) is 0 Å². The maximum Gasteiger partial charge on any atom is 0.138 e. The standard InChI is InChI=1S/C14H17ClN2O2/c1-3-5-13-12(9-18)14(15)17(16-13)10-6-4-7-11(8-10)19-2/h4,6-8,18H,3,5,9H2,1-2H3. The van der Waals surface area contributed by atoms with Crippen LogP contribution in [0.15, 0.2) is 24.3 Å². The maximum absolute atomic E-state index is 9.42. The minimum absolute atomic E-state index is 0.0991. The number of rotatable bonds is 5. The first kappa shape index (κ1) is 13.9. The average molecular weight is 281 g/mol. The molecule has 0 saturated heterocycles. The molecule has 2 rings (SSSR count). The number of hydrogen-bond acceptors (Lipinski definition) is 3. The Bertz CT molecular complexity index is 567. The third-order valence-electron chi connectivity index (χ3n) is 2.95. The number of aryl methyl sites for hydroxylation is 1. The van der Waals surface area contributed by atoms with Crippen LogP contribution in [0.3, 0.4) is 0 Å². The smallest absolute Gasteiger partial charge is 0.138 e. The van der Waals surface area contributed by atoms with E-state index in [1.165, 1.54) is 0 Å². The summed E-state index contributed by atoms with van der Waals surface area (Å²) in [6, 6.07) is 7.50. The largest absolute Gasteiger partial charge is 0.497 e. The minimum atomic E-state index is -0.0991. The molecule has 0 saturated carbocycles. The maximum atomic E-state index is 9.42. The van der Waals surface area contributed by atoms with Gasteiger partial charge in [-0.3, -0.25) is 0 Å². The molecule has 0 aliphatic rings. The highest BCUT2D eigenvalue weighted by atomic mass is 35.5. The molecule has 0 aliphatic carbocycles. The number of aliphatic hydroxyl groups is 1. The molecule has 0 amide bonds. The molecule has 1 aromatic carbocycles. The number of halogens is 1. The summed E-state index contributed by atoms with van der Waals surface area (Å²) < 4.78 is 6.83. The van der Waals surface area contributed by atoms with Crippen LogP contribution in [0.5, 0.6) is 5.75 Å². The molecule has 0 fully saturated rings. The van der Waals surface area contributed by atoms with Crippen LogP contribution >= 0.6 is 11.6 Å². The Morgan fingerprint density at radius 3 is 2.84 bits per heavy atom. The number of hydrogen-bond donors (Lipinski definition) is 1. The Kier molecular flexibility index (Phi) is 4.45. The normalized spacial score (nSPS) is 10.7. The number of nitrogens with zero attached hydrogens (tertiary/aromatic N) is 2. The molecule has 2 aromatic rings. The van der Waals surface area contributed by atoms with Gasteiger partial charge in [0, 0.05) is 11.6 Å². The minimum Gasteiger partial charge on any atom is -0.497 e. The summed E-state index contributed by atoms with van der Waals surface area (Å²) in [6.07, 6.45) is 1.75. The molecule has 1 N–H and O–H groups in total. The second-order valence-corrected chi connectivity index (χ2v) is 4.60. The van der Waals surface area contributed by atoms with E-state index in [0.29, 0.717) is 10.7 Å². The molecule has 19 heavy (non-hydrogen) atoms. The van der Waals surface area contributed by atoms with E-state index in [9.17, 15) is 5.11 Å². The summed E-state index contributed by atoms with van der Waals surface area (Å²) in [5, 5.41) is 14.4. The van der Waals surface area contributed by atoms with Gasteiger partial charge in [0.05, 0.1) is 25.1 Å². The van der Waals surface area contributed by atoms with Crippen molar-refractivity contribution in [3.63, 3.8) is 0 Å². The van der Waals surface area contributed by atoms with Gasteiger partial charge >= 0.3 is 0 Å². The number of aromatic nitrogens is 2. The van der Waals surface area contributed by atoms with Crippen molar-refractivity contribution < 1.29 is 9.84 Å². The molecule has 5 heteroatoms. The molecule has 0 spiro atoms. The van der Waals surface area contributed by atoms with Crippen LogP contribution < -0.4 is 4.74 Å². The third-order valence-corrected chi connectivity index (χ3v) is 3.34. The van der Waals surface area contributed by atoms with Gasteiger partial charge in [-0.05, 0) is 18.6 Å². The van der Waals surface area contributed by atoms with E-state index in [2.05, 4.69) is 12.0 Å². The molecule has 0 atom stereocenters. The van der Waals surface area contributed by atoms with E-state index < -0.39 is 0 Å². The van der Waals surface area contributed by atoms with Gasteiger partial charge in [-0.25, -0.2) is 4.68 Å². The number of ether oxygens (including phenoxy) is 1. The molecule has 4 nitrogen and oxygen atoms in total. The van der Waals surface area contributed by atoms with Crippen molar-refractivity contribution >= 4 is 11.6 Å². The van der Waals surface area contributed by atoms with Crippen molar-refractivity contribution in [1.29, 1.82) is 0 Å². The van der Waals surface area contributed by atoms with Gasteiger partial charge in [0.15, 0.2) is 0 Å². The van der Waals surface area contributed by atoms with Crippen LogP contribution in [0.25, 0.3) is 5.69 Å². The highest BCUT2D eigenvalue weighted by Gasteiger charge is 2.16. The lowest BCUT2D eigenvalue weighted by Crippen LogP contribution is -1.98. The van der Waals surface area contributed by atoms with Gasteiger partial charge in [0.2, 0.25) is 0 Å². The Balaban J connectivity index is 2.49. The van der Waals surface area contributed by atoms with Crippen molar-refractivity contribution in [1.82, 2.24) is 9.78 Å². The van der Waals surface area contributed by atoms with Crippen molar-refractivity contribution in [3.8, 4) is 11.4 Å². The summed E-state index contributed by atoms with van der Waals surface area (Å²) in [7, 11) is 1.62. The lowest BCUT2D eigenvalue weighted by atomic mass is 10.2. The van der Waals surface area contributed by atoms with Crippen molar-refractivity contribution in [2.75, 3.05) is 7.11 Å². The Labute approximate surface area is 117 Å². The fourth-order valence-corrected chi connectivity index (χ4v) is 2.28. The average Bonchev–Trinajstić information content (AvgIpc) is 2.75. The van der Waals surface area contributed by atoms with E-state index in [1.54, 1.807) is 11.8 Å². The summed E-state index contributed by atoms with van der Waals surface area (Å²) in [4.78, 5) is 0. The lowest BCUT2D eigenvalue weighted by Gasteiger charge is -2.05. The molecule has 0 bridgehead atoms. The second-order valence-electron chi connectivity index (χ2n) is 4.24. The van der Waals surface area contributed by atoms with Gasteiger partial charge < -0.3 is 9.84 Å². The quantitative estimate of drug-likeness (QED) is 0.916. The van der Waals surface area contributed by atoms with Crippen molar-refractivity contribution in [2.45, 2.75) is 26.4 Å². The SMILES string of the molecule is CCCc1nn(-c2cccc(OC)c2)c(Cl)c1CO. The highest BCUT2D eigenvalue weighted by Crippen LogP contribution is 2.26. The third kappa shape index (κ3) is 2.74. The molecule has 0 unspecified atom stereocenters. The Morgan fingerprint density at radius 1 is 1.42 bits per heavy atom. The summed E-state index contributed by atoms with van der Waals surface area (Å²) in [5.41, 5.74) is 2.37. The number of benzene rings is 1. The van der Waals surface area contributed by atoms with Crippen molar-refractivity contribution in [3.05, 3.63) is 40.7 Å². The van der Waals surface area contributed by atoms with Crippen LogP contribution in [-0.4, -0.2) is 22.0 Å². The highest BCUT2D eigenvalue weighted by molar-refractivity contribution is 6.30. The van der Waals surface area contributed by atoms with Crippen LogP contribution in [0.4, 0.5) is 0 Å². The predicted octanol–water partition coefficient (Wildman–Crippen LogP) is 2.98. The van der Waals surface area contributed by atoms with Gasteiger partial charge in [0.25, 0.3) is 0 Å². The van der Waals surface area contributed by atoms with E-state index >= 15 is 0 Å². The van der Waals surface area contributed by atoms with Crippen LogP contribution in [0.2, 0.25) is 5.15 Å². The topological polar surface area (TPSA) is 47.3 Å². The van der Waals surface area contributed by atoms with E-state index in [0.717, 1.165) is 30.0 Å². The first-order chi connectivity index (χ1) is 9.21. The second kappa shape index (κ2) is 6.08. The summed E-state index contributed by atoms with van der Waals surface area (Å²) in [5.74, 6) is 0.742. The van der Waals surface area contributed by atoms with Crippen LogP contribution in [0.1, 0.15) is 24.6 Å². The Hall–Kier alpha value is -1.52. The predicted molar refractivity (Wildman–Crippen MR) is 75.0 cm³/mol. The van der Waals surface area contributed by atoms with Crippen LogP contribution in [-0.2, 0) is 13.0 Å². The van der Waals surface area contributed by atoms with E-state index in [1.807, 2.05) is 24.3 Å². The van der Waals surface area contributed by atoms with E-state index in [4.69, 9.17) is 16.3 Å². The zero-order chi connectivity index (χ0) is 13.8. The molecule has 102 valence electrons. The zero-order valence-corrected chi connectivity index (χ0v) is 11.8. The van der Waals surface area contributed by atoms with Gasteiger partial charge in [-0.2, -0.15) is 5.10 Å². The fourth-order valence-electron chi connectivity index (χ4n) is 1.98. The first-order valence-electron chi connectivity index (χ1n) is 6.22. The zero-order valence-electron chi connectivity index (χ0n) is 11.1. The molecule has 0 aliphatic heterocycles. The molecule has 1 aromatic heterocycles. The summed E-state index contributed by atoms with van der Waals surface area (Å²) >= 11 is 6.30. The molecule has 1 heterocycles. The fraction of sp³-hybridized carbons (Fsp3) is 0.357. The Morgan fingerprint density at radius 2 is 2.21 bits per heavy atom. The molecular formula is C14H17ClN2O2. The number of methoxy groups -OCH3 is 1. The molecular weight excluding hydrogens is 264 g/mol. The van der Waals surface area contributed by atoms with Gasteiger partial charge in [-0.15, -0.1) is 0 Å².